The summed E-state index contributed by atoms with van der Waals surface area (Å²) in [7, 11) is 1.16. The van der Waals surface area contributed by atoms with Crippen LogP contribution in [0.3, 0.4) is 0 Å². The molecule has 0 aliphatic rings. The topological polar surface area (TPSA) is 35.5 Å². The van der Waals surface area contributed by atoms with Crippen LogP contribution in [0.2, 0.25) is 0 Å². The molecule has 0 N–H and O–H groups in total. The largest absolute Gasteiger partial charge is 0.483 e. The summed E-state index contributed by atoms with van der Waals surface area (Å²) < 4.78 is 37.6. The third-order valence-corrected chi connectivity index (χ3v) is 3.00. The minimum atomic E-state index is -0.906. The van der Waals surface area contributed by atoms with Gasteiger partial charge in [0.1, 0.15) is 6.61 Å². The quantitative estimate of drug-likeness (QED) is 0.623. The average Bonchev–Trinajstić information content (AvgIpc) is 2.53. The van der Waals surface area contributed by atoms with Gasteiger partial charge in [-0.3, -0.25) is 0 Å². The number of esters is 1. The lowest BCUT2D eigenvalue weighted by Gasteiger charge is -2.11. The van der Waals surface area contributed by atoms with Crippen LogP contribution in [0.5, 0.6) is 5.75 Å². The molecule has 0 fully saturated rings. The van der Waals surface area contributed by atoms with Crippen molar-refractivity contribution in [2.24, 2.45) is 0 Å². The highest BCUT2D eigenvalue weighted by Gasteiger charge is 2.17. The van der Waals surface area contributed by atoms with Crippen LogP contribution in [-0.4, -0.2) is 13.1 Å². The monoisotopic (exact) mass is 304 g/mol. The van der Waals surface area contributed by atoms with Gasteiger partial charge in [-0.25, -0.2) is 13.6 Å². The molecule has 0 aliphatic heterocycles. The summed E-state index contributed by atoms with van der Waals surface area (Å²) in [5.74, 6) is -3.06. The molecule has 114 valence electrons. The molecule has 0 aromatic heterocycles. The lowest BCUT2D eigenvalue weighted by atomic mass is 10.1. The maximum atomic E-state index is 14.0. The highest BCUT2D eigenvalue weighted by atomic mass is 19.1. The SMILES string of the molecule is C=C(C(=O)OC)c1cc(F)c(OCc2ccccc2)c(F)c1. The van der Waals surface area contributed by atoms with E-state index in [1.54, 1.807) is 24.3 Å². The Balaban J connectivity index is 2.20. The fourth-order valence-electron chi connectivity index (χ4n) is 1.84. The molecular formula is C17H14F2O3. The Morgan fingerprint density at radius 1 is 1.14 bits per heavy atom. The predicted molar refractivity (Wildman–Crippen MR) is 78.2 cm³/mol. The van der Waals surface area contributed by atoms with Gasteiger partial charge in [0.05, 0.1) is 12.7 Å². The molecule has 2 rings (SSSR count). The number of carbonyl (C=O) groups is 1. The number of carbonyl (C=O) groups excluding carboxylic acids is 1. The molecule has 2 aromatic rings. The van der Waals surface area contributed by atoms with Crippen molar-refractivity contribution < 1.29 is 23.0 Å². The molecule has 0 amide bonds. The van der Waals surface area contributed by atoms with Crippen molar-refractivity contribution in [1.82, 2.24) is 0 Å². The molecule has 0 aliphatic carbocycles. The minimum absolute atomic E-state index is 0.00825. The Morgan fingerprint density at radius 2 is 1.73 bits per heavy atom. The van der Waals surface area contributed by atoms with E-state index in [0.29, 0.717) is 0 Å². The zero-order chi connectivity index (χ0) is 16.1. The van der Waals surface area contributed by atoms with Crippen LogP contribution in [0.15, 0.2) is 49.0 Å². The summed E-state index contributed by atoms with van der Waals surface area (Å²) in [5.41, 5.74) is 0.660. The van der Waals surface area contributed by atoms with E-state index < -0.39 is 23.4 Å². The number of hydrogen-bond donors (Lipinski definition) is 0. The van der Waals surface area contributed by atoms with Crippen molar-refractivity contribution in [2.45, 2.75) is 6.61 Å². The molecule has 0 spiro atoms. The molecule has 3 nitrogen and oxygen atoms in total. The normalized spacial score (nSPS) is 10.1. The molecular weight excluding hydrogens is 290 g/mol. The molecule has 0 radical (unpaired) electrons. The van der Waals surface area contributed by atoms with Gasteiger partial charge in [0.15, 0.2) is 17.4 Å². The lowest BCUT2D eigenvalue weighted by Crippen LogP contribution is -2.05. The van der Waals surface area contributed by atoms with Gasteiger partial charge in [0, 0.05) is 0 Å². The first-order chi connectivity index (χ1) is 10.5. The van der Waals surface area contributed by atoms with Crippen molar-refractivity contribution >= 4 is 11.5 Å². The van der Waals surface area contributed by atoms with E-state index in [9.17, 15) is 13.6 Å². The Labute approximate surface area is 126 Å². The van der Waals surface area contributed by atoms with E-state index >= 15 is 0 Å². The zero-order valence-corrected chi connectivity index (χ0v) is 11.9. The second-order valence-electron chi connectivity index (χ2n) is 4.51. The lowest BCUT2D eigenvalue weighted by molar-refractivity contribution is -0.133. The highest BCUT2D eigenvalue weighted by Crippen LogP contribution is 2.27. The highest BCUT2D eigenvalue weighted by molar-refractivity contribution is 6.15. The third-order valence-electron chi connectivity index (χ3n) is 3.00. The van der Waals surface area contributed by atoms with Crippen LogP contribution in [0.1, 0.15) is 11.1 Å². The fraction of sp³-hybridized carbons (Fsp3) is 0.118. The Bertz CT molecular complexity index is 673. The van der Waals surface area contributed by atoms with Crippen LogP contribution in [0, 0.1) is 11.6 Å². The summed E-state index contributed by atoms with van der Waals surface area (Å²) in [5, 5.41) is 0. The molecule has 0 atom stereocenters. The number of methoxy groups -OCH3 is 1. The van der Waals surface area contributed by atoms with Crippen LogP contribution >= 0.6 is 0 Å². The van der Waals surface area contributed by atoms with Gasteiger partial charge in [0.2, 0.25) is 0 Å². The van der Waals surface area contributed by atoms with Gasteiger partial charge in [-0.05, 0) is 23.3 Å². The van der Waals surface area contributed by atoms with E-state index in [1.807, 2.05) is 6.07 Å². The van der Waals surface area contributed by atoms with E-state index in [2.05, 4.69) is 11.3 Å². The number of hydrogen-bond acceptors (Lipinski definition) is 3. The molecule has 2 aromatic carbocycles. The zero-order valence-electron chi connectivity index (χ0n) is 11.9. The smallest absolute Gasteiger partial charge is 0.337 e. The Morgan fingerprint density at radius 3 is 2.27 bits per heavy atom. The van der Waals surface area contributed by atoms with Gasteiger partial charge < -0.3 is 9.47 Å². The first-order valence-corrected chi connectivity index (χ1v) is 6.46. The van der Waals surface area contributed by atoms with Gasteiger partial charge in [-0.2, -0.15) is 0 Å². The van der Waals surface area contributed by atoms with E-state index in [0.717, 1.165) is 24.8 Å². The summed E-state index contributed by atoms with van der Waals surface area (Å²) >= 11 is 0. The summed E-state index contributed by atoms with van der Waals surface area (Å²) in [6.45, 7) is 3.49. The van der Waals surface area contributed by atoms with E-state index in [1.165, 1.54) is 0 Å². The second-order valence-corrected chi connectivity index (χ2v) is 4.51. The maximum absolute atomic E-state index is 14.0. The van der Waals surface area contributed by atoms with Crippen LogP contribution in [-0.2, 0) is 16.1 Å². The van der Waals surface area contributed by atoms with Crippen molar-refractivity contribution in [3.63, 3.8) is 0 Å². The second kappa shape index (κ2) is 6.85. The van der Waals surface area contributed by atoms with Crippen molar-refractivity contribution in [3.05, 3.63) is 71.8 Å². The number of halogens is 2. The van der Waals surface area contributed by atoms with Gasteiger partial charge in [0.25, 0.3) is 0 Å². The van der Waals surface area contributed by atoms with Crippen molar-refractivity contribution in [3.8, 4) is 5.75 Å². The van der Waals surface area contributed by atoms with Crippen molar-refractivity contribution in [2.75, 3.05) is 7.11 Å². The molecule has 0 saturated heterocycles. The molecule has 5 heteroatoms. The minimum Gasteiger partial charge on any atom is -0.483 e. The molecule has 0 bridgehead atoms. The third kappa shape index (κ3) is 3.49. The van der Waals surface area contributed by atoms with E-state index in [-0.39, 0.29) is 17.7 Å². The number of ether oxygens (including phenoxy) is 2. The average molecular weight is 304 g/mol. The molecule has 0 heterocycles. The number of benzene rings is 2. The summed E-state index contributed by atoms with van der Waals surface area (Å²) in [6, 6.07) is 11.0. The molecule has 0 unspecified atom stereocenters. The van der Waals surface area contributed by atoms with Crippen LogP contribution in [0.4, 0.5) is 8.78 Å². The molecule has 0 saturated carbocycles. The van der Waals surface area contributed by atoms with Crippen LogP contribution < -0.4 is 4.74 Å². The Kier molecular flexibility index (Phi) is 4.88. The first-order valence-electron chi connectivity index (χ1n) is 6.46. The molecule has 22 heavy (non-hydrogen) atoms. The maximum Gasteiger partial charge on any atom is 0.337 e. The summed E-state index contributed by atoms with van der Waals surface area (Å²) in [6.07, 6.45) is 0. The van der Waals surface area contributed by atoms with E-state index in [4.69, 9.17) is 4.74 Å². The first kappa shape index (κ1) is 15.7. The Hall–Kier alpha value is -2.69. The van der Waals surface area contributed by atoms with Crippen LogP contribution in [0.25, 0.3) is 5.57 Å². The van der Waals surface area contributed by atoms with Gasteiger partial charge in [-0.1, -0.05) is 36.9 Å². The fourth-order valence-corrected chi connectivity index (χ4v) is 1.84. The summed E-state index contributed by atoms with van der Waals surface area (Å²) in [4.78, 5) is 11.3. The predicted octanol–water partition coefficient (Wildman–Crippen LogP) is 3.73. The van der Waals surface area contributed by atoms with Gasteiger partial charge >= 0.3 is 5.97 Å². The standard InChI is InChI=1S/C17H14F2O3/c1-11(17(20)21-2)13-8-14(18)16(15(19)9-13)22-10-12-6-4-3-5-7-12/h3-9H,1,10H2,2H3. The number of rotatable bonds is 5. The van der Waals surface area contributed by atoms with Gasteiger partial charge in [-0.15, -0.1) is 0 Å². The van der Waals surface area contributed by atoms with Crippen molar-refractivity contribution in [1.29, 1.82) is 0 Å².